The van der Waals surface area contributed by atoms with E-state index in [1.165, 1.54) is 5.56 Å². The number of nitrogens with zero attached hydrogens (tertiary/aromatic N) is 2. The molecule has 0 aliphatic rings. The molecule has 158 valence electrons. The van der Waals surface area contributed by atoms with Gasteiger partial charge in [-0.25, -0.2) is 4.98 Å². The van der Waals surface area contributed by atoms with Crippen LogP contribution in [0.5, 0.6) is 0 Å². The van der Waals surface area contributed by atoms with Crippen molar-refractivity contribution in [1.82, 2.24) is 9.88 Å². The Kier molecular flexibility index (Phi) is 6.92. The van der Waals surface area contributed by atoms with E-state index in [-0.39, 0.29) is 5.91 Å². The van der Waals surface area contributed by atoms with Crippen LogP contribution in [0.15, 0.2) is 72.1 Å². The summed E-state index contributed by atoms with van der Waals surface area (Å²) in [4.78, 5) is 21.9. The van der Waals surface area contributed by atoms with E-state index in [9.17, 15) is 4.79 Å². The van der Waals surface area contributed by atoms with Crippen molar-refractivity contribution in [2.45, 2.75) is 12.8 Å². The summed E-state index contributed by atoms with van der Waals surface area (Å²) in [6.45, 7) is 1.01. The first-order chi connectivity index (χ1) is 15.1. The molecule has 1 N–H and O–H groups in total. The number of hydrogen-bond acceptors (Lipinski definition) is 5. The Bertz CT molecular complexity index is 1120. The van der Waals surface area contributed by atoms with Crippen molar-refractivity contribution in [1.29, 1.82) is 0 Å². The zero-order chi connectivity index (χ0) is 21.6. The lowest BCUT2D eigenvalue weighted by Crippen LogP contribution is -2.15. The van der Waals surface area contributed by atoms with E-state index in [0.717, 1.165) is 44.7 Å². The molecule has 0 atom stereocenters. The number of hydrogen-bond donors (Lipinski definition) is 1. The average molecular weight is 448 g/mol. The summed E-state index contributed by atoms with van der Waals surface area (Å²) in [6, 6.07) is 22.3. The summed E-state index contributed by atoms with van der Waals surface area (Å²) in [7, 11) is 4.14. The van der Waals surface area contributed by atoms with E-state index in [1.807, 2.05) is 41.8 Å². The van der Waals surface area contributed by atoms with Gasteiger partial charge in [0.05, 0.1) is 17.0 Å². The van der Waals surface area contributed by atoms with Gasteiger partial charge in [-0.05, 0) is 49.7 Å². The maximum atomic E-state index is 12.8. The van der Waals surface area contributed by atoms with Gasteiger partial charge in [-0.15, -0.1) is 22.7 Å². The number of carbonyl (C=O) groups excluding carboxylic acids is 1. The number of benzene rings is 2. The van der Waals surface area contributed by atoms with E-state index in [0.29, 0.717) is 6.42 Å². The fraction of sp³-hybridized carbons (Fsp3) is 0.200. The lowest BCUT2D eigenvalue weighted by molar-refractivity contribution is -0.115. The minimum atomic E-state index is -0.0258. The highest BCUT2D eigenvalue weighted by Gasteiger charge is 2.18. The molecular weight excluding hydrogens is 422 g/mol. The first kappa shape index (κ1) is 21.4. The largest absolute Gasteiger partial charge is 0.326 e. The second kappa shape index (κ2) is 10.0. The van der Waals surface area contributed by atoms with Crippen molar-refractivity contribution >= 4 is 34.3 Å². The van der Waals surface area contributed by atoms with E-state index in [4.69, 9.17) is 4.98 Å². The molecule has 0 aliphatic carbocycles. The van der Waals surface area contributed by atoms with Crippen LogP contribution >= 0.6 is 22.7 Å². The summed E-state index contributed by atoms with van der Waals surface area (Å²) >= 11 is 3.24. The standard InChI is InChI=1S/C25H25N3OS2/c1-28(2)15-14-18-10-12-20(13-11-18)26-23(29)17-22-24(21-9-6-16-30-21)27-25(31-22)19-7-4-3-5-8-19/h3-13,16H,14-15,17H2,1-2H3,(H,26,29). The second-order valence-electron chi connectivity index (χ2n) is 7.61. The molecule has 2 aromatic heterocycles. The third-order valence-electron chi connectivity index (χ3n) is 4.88. The molecule has 2 heterocycles. The Labute approximate surface area is 191 Å². The highest BCUT2D eigenvalue weighted by Crippen LogP contribution is 2.36. The molecule has 2 aromatic carbocycles. The van der Waals surface area contributed by atoms with Crippen LogP contribution < -0.4 is 5.32 Å². The minimum Gasteiger partial charge on any atom is -0.326 e. The van der Waals surface area contributed by atoms with Crippen molar-refractivity contribution in [3.63, 3.8) is 0 Å². The number of nitrogens with one attached hydrogen (secondary N) is 1. The number of anilines is 1. The Hall–Kier alpha value is -2.80. The molecule has 0 bridgehead atoms. The highest BCUT2D eigenvalue weighted by molar-refractivity contribution is 7.17. The molecule has 0 fully saturated rings. The molecule has 4 rings (SSSR count). The zero-order valence-corrected chi connectivity index (χ0v) is 19.3. The number of amides is 1. The Morgan fingerprint density at radius 3 is 2.45 bits per heavy atom. The van der Waals surface area contributed by atoms with Gasteiger partial charge in [-0.2, -0.15) is 0 Å². The van der Waals surface area contributed by atoms with Crippen LogP contribution in [-0.2, 0) is 17.6 Å². The summed E-state index contributed by atoms with van der Waals surface area (Å²) < 4.78 is 0. The van der Waals surface area contributed by atoms with Crippen LogP contribution in [-0.4, -0.2) is 36.4 Å². The average Bonchev–Trinajstić information content (AvgIpc) is 3.44. The maximum Gasteiger partial charge on any atom is 0.229 e. The Morgan fingerprint density at radius 2 is 1.77 bits per heavy atom. The van der Waals surface area contributed by atoms with Gasteiger partial charge in [-0.3, -0.25) is 4.79 Å². The number of aromatic nitrogens is 1. The molecule has 4 nitrogen and oxygen atoms in total. The number of thiazole rings is 1. The quantitative estimate of drug-likeness (QED) is 0.370. The van der Waals surface area contributed by atoms with Crippen molar-refractivity contribution in [2.75, 3.05) is 26.0 Å². The summed E-state index contributed by atoms with van der Waals surface area (Å²) in [5, 5.41) is 6.02. The van der Waals surface area contributed by atoms with Gasteiger partial charge in [-0.1, -0.05) is 48.5 Å². The summed E-state index contributed by atoms with van der Waals surface area (Å²) in [5.41, 5.74) is 4.07. The van der Waals surface area contributed by atoms with Gasteiger partial charge in [0, 0.05) is 22.7 Å². The number of rotatable bonds is 8. The van der Waals surface area contributed by atoms with Crippen LogP contribution in [0.1, 0.15) is 10.4 Å². The summed E-state index contributed by atoms with van der Waals surface area (Å²) in [5.74, 6) is -0.0258. The number of thiophene rings is 1. The molecule has 6 heteroatoms. The van der Waals surface area contributed by atoms with Crippen LogP contribution in [0, 0.1) is 0 Å². The van der Waals surface area contributed by atoms with Crippen molar-refractivity contribution in [3.8, 4) is 21.1 Å². The molecule has 31 heavy (non-hydrogen) atoms. The van der Waals surface area contributed by atoms with Crippen molar-refractivity contribution < 1.29 is 4.79 Å². The third kappa shape index (κ3) is 5.67. The monoisotopic (exact) mass is 447 g/mol. The van der Waals surface area contributed by atoms with Gasteiger partial charge in [0.25, 0.3) is 0 Å². The third-order valence-corrected chi connectivity index (χ3v) is 6.86. The van der Waals surface area contributed by atoms with Gasteiger partial charge in [0.1, 0.15) is 5.01 Å². The van der Waals surface area contributed by atoms with Crippen molar-refractivity contribution in [2.24, 2.45) is 0 Å². The first-order valence-corrected chi connectivity index (χ1v) is 11.9. The van der Waals surface area contributed by atoms with Crippen LogP contribution in [0.25, 0.3) is 21.1 Å². The number of carbonyl (C=O) groups is 1. The van der Waals surface area contributed by atoms with Crippen LogP contribution in [0.4, 0.5) is 5.69 Å². The molecule has 4 aromatic rings. The maximum absolute atomic E-state index is 12.8. The minimum absolute atomic E-state index is 0.0258. The Balaban J connectivity index is 1.49. The lowest BCUT2D eigenvalue weighted by Gasteiger charge is -2.10. The van der Waals surface area contributed by atoms with E-state index >= 15 is 0 Å². The molecule has 0 aliphatic heterocycles. The predicted molar refractivity (Wildman–Crippen MR) is 132 cm³/mol. The van der Waals surface area contributed by atoms with E-state index in [1.54, 1.807) is 22.7 Å². The topological polar surface area (TPSA) is 45.2 Å². The Morgan fingerprint density at radius 1 is 1.00 bits per heavy atom. The fourth-order valence-corrected chi connectivity index (χ4v) is 5.13. The van der Waals surface area contributed by atoms with Gasteiger partial charge >= 0.3 is 0 Å². The summed E-state index contributed by atoms with van der Waals surface area (Å²) in [6.07, 6.45) is 1.30. The normalized spacial score (nSPS) is 11.1. The van der Waals surface area contributed by atoms with E-state index in [2.05, 4.69) is 54.6 Å². The lowest BCUT2D eigenvalue weighted by atomic mass is 10.1. The molecule has 0 saturated carbocycles. The molecule has 1 amide bonds. The molecule has 0 unspecified atom stereocenters. The molecular formula is C25H25N3OS2. The van der Waals surface area contributed by atoms with Crippen LogP contribution in [0.3, 0.4) is 0 Å². The number of likely N-dealkylation sites (N-methyl/N-ethyl adjacent to an activating group) is 1. The van der Waals surface area contributed by atoms with Crippen LogP contribution in [0.2, 0.25) is 0 Å². The van der Waals surface area contributed by atoms with Gasteiger partial charge in [0.15, 0.2) is 0 Å². The SMILES string of the molecule is CN(C)CCc1ccc(NC(=O)Cc2sc(-c3ccccc3)nc2-c2cccs2)cc1. The highest BCUT2D eigenvalue weighted by atomic mass is 32.1. The second-order valence-corrected chi connectivity index (χ2v) is 9.64. The molecule has 0 saturated heterocycles. The van der Waals surface area contributed by atoms with Crippen molar-refractivity contribution in [3.05, 3.63) is 82.6 Å². The zero-order valence-electron chi connectivity index (χ0n) is 17.7. The predicted octanol–water partition coefficient (Wildman–Crippen LogP) is 5.82. The molecule has 0 spiro atoms. The fourth-order valence-electron chi connectivity index (χ4n) is 3.24. The van der Waals surface area contributed by atoms with E-state index < -0.39 is 0 Å². The van der Waals surface area contributed by atoms with Gasteiger partial charge in [0.2, 0.25) is 5.91 Å². The molecule has 0 radical (unpaired) electrons. The van der Waals surface area contributed by atoms with Gasteiger partial charge < -0.3 is 10.2 Å². The first-order valence-electron chi connectivity index (χ1n) is 10.2. The smallest absolute Gasteiger partial charge is 0.229 e.